The average Bonchev–Trinajstić information content (AvgIpc) is 2.38. The van der Waals surface area contributed by atoms with E-state index in [-0.39, 0.29) is 17.4 Å². The fourth-order valence-electron chi connectivity index (χ4n) is 2.45. The summed E-state index contributed by atoms with van der Waals surface area (Å²) in [5.74, 6) is -1.32. The van der Waals surface area contributed by atoms with Gasteiger partial charge in [-0.05, 0) is 40.8 Å². The summed E-state index contributed by atoms with van der Waals surface area (Å²) in [6.45, 7) is 1.98. The first kappa shape index (κ1) is 15.4. The fraction of sp³-hybridized carbons (Fsp3) is 0.500. The molecule has 0 amide bonds. The third-order valence-corrected chi connectivity index (χ3v) is 5.71. The van der Waals surface area contributed by atoms with Gasteiger partial charge in [0.1, 0.15) is 10.9 Å². The molecule has 1 fully saturated rings. The number of pyridine rings is 1. The summed E-state index contributed by atoms with van der Waals surface area (Å²) in [6.07, 6.45) is 4.08. The van der Waals surface area contributed by atoms with Crippen LogP contribution in [0, 0.1) is 5.92 Å². The number of aromatic nitrogens is 1. The van der Waals surface area contributed by atoms with Crippen molar-refractivity contribution >= 4 is 31.9 Å². The van der Waals surface area contributed by atoms with Crippen LogP contribution in [0.4, 0.5) is 0 Å². The van der Waals surface area contributed by atoms with Gasteiger partial charge < -0.3 is 5.11 Å². The van der Waals surface area contributed by atoms with Crippen molar-refractivity contribution in [3.8, 4) is 0 Å². The third-order valence-electron chi connectivity index (χ3n) is 3.43. The number of hydrogen-bond donors (Lipinski definition) is 1. The molecule has 1 aliphatic rings. The highest BCUT2D eigenvalue weighted by molar-refractivity contribution is 9.10. The molecule has 8 heteroatoms. The van der Waals surface area contributed by atoms with Crippen LogP contribution in [0.25, 0.3) is 0 Å². The molecule has 0 radical (unpaired) electrons. The Morgan fingerprint density at radius 3 is 2.80 bits per heavy atom. The number of piperidine rings is 1. The van der Waals surface area contributed by atoms with Crippen molar-refractivity contribution in [1.29, 1.82) is 0 Å². The summed E-state index contributed by atoms with van der Waals surface area (Å²) >= 11 is 3.17. The molecule has 0 saturated carbocycles. The molecule has 2 rings (SSSR count). The van der Waals surface area contributed by atoms with Gasteiger partial charge in [-0.1, -0.05) is 6.92 Å². The number of halogens is 1. The van der Waals surface area contributed by atoms with Gasteiger partial charge in [0, 0.05) is 23.4 Å². The molecule has 2 unspecified atom stereocenters. The maximum atomic E-state index is 12.6. The molecule has 2 atom stereocenters. The zero-order valence-corrected chi connectivity index (χ0v) is 13.3. The SMILES string of the molecule is CC1CCCN(S(=O)(=O)c2cncc(Br)c2)C1C(=O)O. The summed E-state index contributed by atoms with van der Waals surface area (Å²) in [5.41, 5.74) is 0. The van der Waals surface area contributed by atoms with Crippen molar-refractivity contribution in [1.82, 2.24) is 9.29 Å². The van der Waals surface area contributed by atoms with Gasteiger partial charge in [-0.25, -0.2) is 8.42 Å². The smallest absolute Gasteiger partial charge is 0.322 e. The van der Waals surface area contributed by atoms with Crippen LogP contribution in [0.3, 0.4) is 0 Å². The van der Waals surface area contributed by atoms with Gasteiger partial charge in [0.05, 0.1) is 0 Å². The molecule has 0 spiro atoms. The third kappa shape index (κ3) is 2.87. The molecule has 1 aromatic rings. The molecule has 0 aliphatic carbocycles. The lowest BCUT2D eigenvalue weighted by molar-refractivity contribution is -0.144. The van der Waals surface area contributed by atoms with E-state index in [9.17, 15) is 18.3 Å². The summed E-state index contributed by atoms with van der Waals surface area (Å²) in [6, 6.07) is 0.410. The van der Waals surface area contributed by atoms with E-state index in [2.05, 4.69) is 20.9 Å². The van der Waals surface area contributed by atoms with Gasteiger partial charge in [-0.3, -0.25) is 9.78 Å². The highest BCUT2D eigenvalue weighted by Gasteiger charge is 2.41. The minimum absolute atomic E-state index is 0.00669. The van der Waals surface area contributed by atoms with Crippen molar-refractivity contribution in [2.24, 2.45) is 5.92 Å². The predicted octanol–water partition coefficient (Wildman–Crippen LogP) is 1.72. The van der Waals surface area contributed by atoms with E-state index in [1.165, 1.54) is 18.5 Å². The van der Waals surface area contributed by atoms with Crippen molar-refractivity contribution < 1.29 is 18.3 Å². The second-order valence-corrected chi connectivity index (χ2v) is 7.66. The number of carboxylic acids is 1. The molecular weight excluding hydrogens is 348 g/mol. The second kappa shape index (κ2) is 5.79. The van der Waals surface area contributed by atoms with Crippen LogP contribution < -0.4 is 0 Å². The van der Waals surface area contributed by atoms with Gasteiger partial charge in [-0.15, -0.1) is 0 Å². The number of nitrogens with zero attached hydrogens (tertiary/aromatic N) is 2. The van der Waals surface area contributed by atoms with Crippen LogP contribution >= 0.6 is 15.9 Å². The first-order valence-electron chi connectivity index (χ1n) is 6.19. The lowest BCUT2D eigenvalue weighted by Crippen LogP contribution is -2.51. The Balaban J connectivity index is 2.44. The lowest BCUT2D eigenvalue weighted by Gasteiger charge is -2.36. The van der Waals surface area contributed by atoms with E-state index in [1.54, 1.807) is 6.92 Å². The summed E-state index contributed by atoms with van der Waals surface area (Å²) in [5, 5.41) is 9.31. The van der Waals surface area contributed by atoms with Crippen LogP contribution in [0.15, 0.2) is 27.8 Å². The standard InChI is InChI=1S/C12H15BrN2O4S/c1-8-3-2-4-15(11(8)12(16)17)20(18,19)10-5-9(13)6-14-7-10/h5-8,11H,2-4H2,1H3,(H,16,17). The molecule has 6 nitrogen and oxygen atoms in total. The summed E-state index contributed by atoms with van der Waals surface area (Å²) in [4.78, 5) is 15.2. The van der Waals surface area contributed by atoms with Gasteiger partial charge >= 0.3 is 5.97 Å². The van der Waals surface area contributed by atoms with E-state index < -0.39 is 22.0 Å². The molecule has 1 aromatic heterocycles. The number of aliphatic carboxylic acids is 1. The van der Waals surface area contributed by atoms with E-state index in [1.807, 2.05) is 0 Å². The number of hydrogen-bond acceptors (Lipinski definition) is 4. The normalized spacial score (nSPS) is 24.5. The Kier molecular flexibility index (Phi) is 4.46. The van der Waals surface area contributed by atoms with Crippen LogP contribution in [0.5, 0.6) is 0 Å². The van der Waals surface area contributed by atoms with E-state index >= 15 is 0 Å². The Hall–Kier alpha value is -0.990. The Morgan fingerprint density at radius 1 is 1.50 bits per heavy atom. The van der Waals surface area contributed by atoms with Crippen molar-refractivity contribution in [2.45, 2.75) is 30.7 Å². The lowest BCUT2D eigenvalue weighted by atomic mass is 9.93. The van der Waals surface area contributed by atoms with Crippen LogP contribution in [0.2, 0.25) is 0 Å². The zero-order chi connectivity index (χ0) is 14.9. The largest absolute Gasteiger partial charge is 0.480 e. The van der Waals surface area contributed by atoms with E-state index in [4.69, 9.17) is 0 Å². The number of sulfonamides is 1. The van der Waals surface area contributed by atoms with Gasteiger partial charge in [0.15, 0.2) is 0 Å². The maximum Gasteiger partial charge on any atom is 0.322 e. The molecule has 2 heterocycles. The quantitative estimate of drug-likeness (QED) is 0.884. The van der Waals surface area contributed by atoms with Crippen LogP contribution in [-0.4, -0.2) is 41.4 Å². The number of carboxylic acid groups (broad SMARTS) is 1. The van der Waals surface area contributed by atoms with Crippen LogP contribution in [-0.2, 0) is 14.8 Å². The first-order valence-corrected chi connectivity index (χ1v) is 8.42. The Labute approximate surface area is 126 Å². The average molecular weight is 363 g/mol. The number of carbonyl (C=O) groups is 1. The topological polar surface area (TPSA) is 87.6 Å². The van der Waals surface area contributed by atoms with E-state index in [0.717, 1.165) is 4.31 Å². The first-order chi connectivity index (χ1) is 9.34. The minimum Gasteiger partial charge on any atom is -0.480 e. The highest BCUT2D eigenvalue weighted by Crippen LogP contribution is 2.29. The van der Waals surface area contributed by atoms with Gasteiger partial charge in [0.2, 0.25) is 10.0 Å². The monoisotopic (exact) mass is 362 g/mol. The van der Waals surface area contributed by atoms with Crippen molar-refractivity contribution in [3.63, 3.8) is 0 Å². The summed E-state index contributed by atoms with van der Waals surface area (Å²) in [7, 11) is -3.85. The molecule has 110 valence electrons. The fourth-order valence-corrected chi connectivity index (χ4v) is 4.68. The molecule has 1 N–H and O–H groups in total. The molecule has 0 aromatic carbocycles. The summed E-state index contributed by atoms with van der Waals surface area (Å²) < 4.78 is 26.8. The van der Waals surface area contributed by atoms with Gasteiger partial charge in [-0.2, -0.15) is 4.31 Å². The Bertz CT molecular complexity index is 620. The molecule has 1 aliphatic heterocycles. The minimum atomic E-state index is -3.85. The molecule has 20 heavy (non-hydrogen) atoms. The molecule has 0 bridgehead atoms. The maximum absolute atomic E-state index is 12.6. The van der Waals surface area contributed by atoms with Crippen molar-refractivity contribution in [2.75, 3.05) is 6.54 Å². The molecule has 1 saturated heterocycles. The molecular formula is C12H15BrN2O4S. The predicted molar refractivity (Wildman–Crippen MR) is 75.7 cm³/mol. The van der Waals surface area contributed by atoms with Crippen LogP contribution in [0.1, 0.15) is 19.8 Å². The van der Waals surface area contributed by atoms with E-state index in [0.29, 0.717) is 17.3 Å². The highest BCUT2D eigenvalue weighted by atomic mass is 79.9. The van der Waals surface area contributed by atoms with Gasteiger partial charge in [0.25, 0.3) is 0 Å². The second-order valence-electron chi connectivity index (χ2n) is 4.86. The Morgan fingerprint density at radius 2 is 2.20 bits per heavy atom. The number of rotatable bonds is 3. The zero-order valence-electron chi connectivity index (χ0n) is 10.9. The van der Waals surface area contributed by atoms with Crippen molar-refractivity contribution in [3.05, 3.63) is 22.9 Å².